The van der Waals surface area contributed by atoms with E-state index in [4.69, 9.17) is 23.8 Å². The number of aliphatic hydroxyl groups excluding tert-OH is 1. The Balaban J connectivity index is 1.05. The van der Waals surface area contributed by atoms with E-state index in [1.165, 1.54) is 10.5 Å². The monoisotopic (exact) mass is 769 g/mol. The maximum atomic E-state index is 15.3. The molecule has 0 radical (unpaired) electrons. The summed E-state index contributed by atoms with van der Waals surface area (Å²) in [5.41, 5.74) is 3.22. The van der Waals surface area contributed by atoms with E-state index in [1.807, 2.05) is 42.5 Å². The van der Waals surface area contributed by atoms with E-state index >= 15 is 4.79 Å². The molecule has 3 saturated carbocycles. The van der Waals surface area contributed by atoms with Gasteiger partial charge in [0.05, 0.1) is 24.9 Å². The molecule has 4 saturated heterocycles. The number of epoxide rings is 1. The van der Waals surface area contributed by atoms with Gasteiger partial charge in [-0.2, -0.15) is 5.06 Å². The second-order valence-corrected chi connectivity index (χ2v) is 18.1. The number of amides is 2. The summed E-state index contributed by atoms with van der Waals surface area (Å²) in [6.07, 6.45) is 5.66. The van der Waals surface area contributed by atoms with Crippen LogP contribution in [0, 0.1) is 22.7 Å². The molecule has 3 aliphatic carbocycles. The Bertz CT molecular complexity index is 1890. The summed E-state index contributed by atoms with van der Waals surface area (Å²) in [6.45, 7) is 7.09. The first-order valence-corrected chi connectivity index (χ1v) is 20.5. The Labute approximate surface area is 328 Å². The van der Waals surface area contributed by atoms with Gasteiger partial charge < -0.3 is 34.3 Å². The molecule has 300 valence electrons. The number of benzene rings is 2. The van der Waals surface area contributed by atoms with Crippen molar-refractivity contribution in [1.82, 2.24) is 15.3 Å². The number of hydrogen-bond acceptors (Lipinski definition) is 10. The average molecular weight is 770 g/mol. The van der Waals surface area contributed by atoms with E-state index in [9.17, 15) is 14.7 Å². The molecule has 2 N–H and O–H groups in total. The van der Waals surface area contributed by atoms with Crippen LogP contribution < -0.4 is 5.32 Å². The maximum absolute atomic E-state index is 15.3. The van der Waals surface area contributed by atoms with Gasteiger partial charge >= 0.3 is 5.97 Å². The number of hydrogen-bond donors (Lipinski definition) is 2. The van der Waals surface area contributed by atoms with Crippen LogP contribution in [0.1, 0.15) is 76.0 Å². The zero-order chi connectivity index (χ0) is 39.0. The van der Waals surface area contributed by atoms with Crippen molar-refractivity contribution >= 4 is 23.9 Å². The van der Waals surface area contributed by atoms with Gasteiger partial charge in [-0.3, -0.25) is 19.2 Å². The summed E-state index contributed by atoms with van der Waals surface area (Å²) >= 11 is 0. The lowest BCUT2D eigenvalue weighted by Crippen LogP contribution is -2.70. The largest absolute Gasteiger partial charge is 0.458 e. The Morgan fingerprint density at radius 3 is 2.59 bits per heavy atom. The van der Waals surface area contributed by atoms with E-state index in [2.05, 4.69) is 44.3 Å². The third kappa shape index (κ3) is 6.31. The van der Waals surface area contributed by atoms with Crippen LogP contribution in [0.25, 0.3) is 6.08 Å². The van der Waals surface area contributed by atoms with Crippen molar-refractivity contribution in [2.45, 2.75) is 120 Å². The third-order valence-electron chi connectivity index (χ3n) is 14.4. The molecule has 7 fully saturated rings. The third-order valence-corrected chi connectivity index (χ3v) is 14.4. The fourth-order valence-corrected chi connectivity index (χ4v) is 11.2. The van der Waals surface area contributed by atoms with Gasteiger partial charge in [-0.25, -0.2) is 0 Å². The van der Waals surface area contributed by atoms with Crippen LogP contribution in [-0.2, 0) is 51.1 Å². The summed E-state index contributed by atoms with van der Waals surface area (Å²) in [5, 5.41) is 13.9. The number of nitrogens with zero attached hydrogens (tertiary/aromatic N) is 2. The average Bonchev–Trinajstić information content (AvgIpc) is 3.47. The van der Waals surface area contributed by atoms with Gasteiger partial charge in [0.15, 0.2) is 6.04 Å². The number of allylic oxidation sites excluding steroid dienone is 1. The van der Waals surface area contributed by atoms with Gasteiger partial charge in [0.1, 0.15) is 42.7 Å². The fraction of sp³-hybridized carbons (Fsp3) is 0.614. The van der Waals surface area contributed by atoms with Gasteiger partial charge in [-0.15, -0.1) is 0 Å². The van der Waals surface area contributed by atoms with Crippen molar-refractivity contribution in [2.24, 2.45) is 22.7 Å². The van der Waals surface area contributed by atoms with Crippen LogP contribution in [0.5, 0.6) is 0 Å². The molecule has 9 rings (SSSR count). The number of likely N-dealkylation sites (N-methyl/N-ethyl adjacent to an activating group) is 1. The second-order valence-electron chi connectivity index (χ2n) is 18.1. The molecule has 12 heteroatoms. The first kappa shape index (κ1) is 37.9. The Hall–Kier alpha value is -3.65. The molecule has 2 aromatic carbocycles. The smallest absolute Gasteiger partial charge is 0.327 e. The summed E-state index contributed by atoms with van der Waals surface area (Å²) < 4.78 is 24.4. The van der Waals surface area contributed by atoms with Crippen molar-refractivity contribution in [2.75, 3.05) is 27.0 Å². The molecule has 0 spiro atoms. The van der Waals surface area contributed by atoms with Crippen LogP contribution in [-0.4, -0.2) is 108 Å². The number of nitrogens with one attached hydrogen (secondary N) is 1. The number of ether oxygens (including phenoxy) is 4. The van der Waals surface area contributed by atoms with E-state index in [0.717, 1.165) is 48.8 Å². The van der Waals surface area contributed by atoms with Crippen molar-refractivity contribution in [3.8, 4) is 0 Å². The van der Waals surface area contributed by atoms with Gasteiger partial charge in [-0.05, 0) is 73.0 Å². The summed E-state index contributed by atoms with van der Waals surface area (Å²) in [6, 6.07) is 15.7. The van der Waals surface area contributed by atoms with Crippen LogP contribution in [0.15, 0.2) is 60.2 Å². The van der Waals surface area contributed by atoms with E-state index in [-0.39, 0.29) is 56.3 Å². The predicted molar refractivity (Wildman–Crippen MR) is 204 cm³/mol. The molecule has 7 aliphatic rings. The summed E-state index contributed by atoms with van der Waals surface area (Å²) in [5.74, 6) is -0.230. The van der Waals surface area contributed by atoms with E-state index < -0.39 is 53.8 Å². The molecule has 4 aliphatic heterocycles. The molecule has 12 nitrogen and oxygen atoms in total. The molecule has 56 heavy (non-hydrogen) atoms. The number of hydroxylamine groups is 2. The van der Waals surface area contributed by atoms with Gasteiger partial charge in [0, 0.05) is 26.4 Å². The molecular weight excluding hydrogens is 714 g/mol. The lowest BCUT2D eigenvalue weighted by Gasteiger charge is -2.53. The Morgan fingerprint density at radius 2 is 1.80 bits per heavy atom. The maximum Gasteiger partial charge on any atom is 0.327 e. The fourth-order valence-electron chi connectivity index (χ4n) is 11.2. The number of rotatable bonds is 10. The lowest BCUT2D eigenvalue weighted by molar-refractivity contribution is -0.204. The molecule has 11 atom stereocenters. The van der Waals surface area contributed by atoms with Crippen molar-refractivity contribution in [3.63, 3.8) is 0 Å². The minimum absolute atomic E-state index is 0.000390. The molecule has 2 bridgehead atoms. The van der Waals surface area contributed by atoms with Crippen molar-refractivity contribution < 1.29 is 43.3 Å². The molecule has 11 unspecified atom stereocenters. The van der Waals surface area contributed by atoms with E-state index in [1.54, 1.807) is 12.1 Å². The van der Waals surface area contributed by atoms with Crippen LogP contribution in [0.4, 0.5) is 0 Å². The first-order chi connectivity index (χ1) is 26.9. The standard InChI is InChI=1S/C44H55N3O9/c1-42(2)22-30-28(14-15-34-43(3,55-34)17-16-31(30)42)21-27-12-8-9-13-29(27)24-47-37-40(50)54-33-23-44(37,38(56-47)36-35(33)52-25-53-36)41(51)46(4)32(39(49)45-18-19-48)20-26-10-6-5-7-11-26/h5-13,21,30-38,48H,14-20,22-25H2,1-4H3,(H,45,49). The van der Waals surface area contributed by atoms with Crippen LogP contribution in [0.3, 0.4) is 0 Å². The minimum atomic E-state index is -1.41. The summed E-state index contributed by atoms with van der Waals surface area (Å²) in [4.78, 5) is 51.6. The first-order valence-electron chi connectivity index (χ1n) is 20.5. The topological polar surface area (TPSA) is 139 Å². The molecule has 0 aromatic heterocycles. The number of esters is 1. The normalized spacial score (nSPS) is 37.7. The second kappa shape index (κ2) is 14.3. The predicted octanol–water partition coefficient (Wildman–Crippen LogP) is 4.18. The van der Waals surface area contributed by atoms with E-state index in [0.29, 0.717) is 17.9 Å². The molecular formula is C44H55N3O9. The van der Waals surface area contributed by atoms with Crippen molar-refractivity contribution in [3.05, 3.63) is 76.9 Å². The molecule has 2 amide bonds. The van der Waals surface area contributed by atoms with Crippen molar-refractivity contribution in [1.29, 1.82) is 0 Å². The number of aliphatic hydroxyl groups is 1. The Morgan fingerprint density at radius 1 is 1.04 bits per heavy atom. The number of carbonyl (C=O) groups excluding carboxylic acids is 3. The molecule has 2 aromatic rings. The van der Waals surface area contributed by atoms with Gasteiger partial charge in [-0.1, -0.05) is 80.1 Å². The highest BCUT2D eigenvalue weighted by atomic mass is 16.8. The SMILES string of the molecule is CN(C(=O)C12CC3OC(=O)C1N(Cc1ccccc1C=C1CCC4OC4(C)CCC4C1CC4(C)C)OC2C1OCOC31)C(Cc1ccccc1)C(=O)NCCO. The number of carbonyl (C=O) groups is 3. The van der Waals surface area contributed by atoms with Gasteiger partial charge in [0.2, 0.25) is 11.8 Å². The van der Waals surface area contributed by atoms with Crippen LogP contribution >= 0.6 is 0 Å². The van der Waals surface area contributed by atoms with Gasteiger partial charge in [0.25, 0.3) is 0 Å². The highest BCUT2D eigenvalue weighted by molar-refractivity contribution is 5.96. The van der Waals surface area contributed by atoms with Crippen LogP contribution in [0.2, 0.25) is 0 Å². The minimum Gasteiger partial charge on any atom is -0.458 e. The zero-order valence-electron chi connectivity index (χ0n) is 32.9. The zero-order valence-corrected chi connectivity index (χ0v) is 32.9. The summed E-state index contributed by atoms with van der Waals surface area (Å²) in [7, 11) is 1.61. The highest BCUT2D eigenvalue weighted by Gasteiger charge is 2.75. The Kier molecular flexibility index (Phi) is 9.69. The lowest BCUT2D eigenvalue weighted by atomic mass is 9.52. The quantitative estimate of drug-likeness (QED) is 0.268. The highest BCUT2D eigenvalue weighted by Crippen LogP contribution is 2.60. The molecule has 4 heterocycles. The number of fused-ring (bicyclic) bond motifs is 6.